The smallest absolute Gasteiger partial charge is 0.313 e. The molecule has 0 spiro atoms. The molecule has 26 heavy (non-hydrogen) atoms. The van der Waals surface area contributed by atoms with Crippen LogP contribution in [0.2, 0.25) is 0 Å². The molecule has 0 radical (unpaired) electrons. The normalized spacial score (nSPS) is 12.2. The van der Waals surface area contributed by atoms with Crippen LogP contribution in [0.15, 0.2) is 24.3 Å². The van der Waals surface area contributed by atoms with Crippen LogP contribution in [0.25, 0.3) is 0 Å². The Morgan fingerprint density at radius 2 is 1.62 bits per heavy atom. The van der Waals surface area contributed by atoms with Gasteiger partial charge >= 0.3 is 5.97 Å². The average Bonchev–Trinajstić information content (AvgIpc) is 2.60. The first kappa shape index (κ1) is 23.1. The zero-order chi connectivity index (χ0) is 19.4. The van der Waals surface area contributed by atoms with Crippen molar-refractivity contribution in [2.24, 2.45) is 5.92 Å². The van der Waals surface area contributed by atoms with Gasteiger partial charge in [0.1, 0.15) is 13.0 Å². The fourth-order valence-electron chi connectivity index (χ4n) is 2.37. The van der Waals surface area contributed by atoms with E-state index in [1.165, 1.54) is 5.56 Å². The minimum atomic E-state index is -0.444. The summed E-state index contributed by atoms with van der Waals surface area (Å²) in [5.41, 5.74) is 2.21. The number of rotatable bonds is 13. The van der Waals surface area contributed by atoms with Crippen LogP contribution in [-0.2, 0) is 25.5 Å². The van der Waals surface area contributed by atoms with Gasteiger partial charge < -0.3 is 9.47 Å². The zero-order valence-electron chi connectivity index (χ0n) is 16.2. The molecule has 4 nitrogen and oxygen atoms in total. The third kappa shape index (κ3) is 9.64. The molecule has 0 N–H and O–H groups in total. The number of carbonyl (C=O) groups excluding carboxylic acids is 2. The molecular weight excluding hydrogens is 368 g/mol. The van der Waals surface area contributed by atoms with Gasteiger partial charge in [-0.1, -0.05) is 66.6 Å². The lowest BCUT2D eigenvalue weighted by Crippen LogP contribution is -2.17. The molecule has 0 saturated carbocycles. The van der Waals surface area contributed by atoms with Gasteiger partial charge in [0.05, 0.1) is 6.61 Å². The molecule has 146 valence electrons. The monoisotopic (exact) mass is 398 g/mol. The lowest BCUT2D eigenvalue weighted by Gasteiger charge is -2.12. The highest BCUT2D eigenvalue weighted by molar-refractivity contribution is 8.76. The Morgan fingerprint density at radius 3 is 2.19 bits per heavy atom. The molecule has 0 amide bonds. The molecule has 1 atom stereocenters. The minimum Gasteiger partial charge on any atom is -0.464 e. The van der Waals surface area contributed by atoms with Crippen molar-refractivity contribution in [3.05, 3.63) is 35.4 Å². The third-order valence-electron chi connectivity index (χ3n) is 3.81. The number of methoxy groups -OCH3 is 1. The van der Waals surface area contributed by atoms with Crippen LogP contribution in [0.4, 0.5) is 0 Å². The molecule has 0 aliphatic carbocycles. The molecule has 1 aromatic rings. The van der Waals surface area contributed by atoms with Gasteiger partial charge in [-0.25, -0.2) is 0 Å². The van der Waals surface area contributed by atoms with E-state index in [1.807, 2.05) is 19.1 Å². The quantitative estimate of drug-likeness (QED) is 0.211. The number of hydrogen-bond acceptors (Lipinski definition) is 6. The highest BCUT2D eigenvalue weighted by Gasteiger charge is 2.19. The maximum atomic E-state index is 12.3. The molecular formula is C20H30O4S2. The summed E-state index contributed by atoms with van der Waals surface area (Å²) in [5.74, 6) is 1.37. The van der Waals surface area contributed by atoms with Gasteiger partial charge in [0.2, 0.25) is 0 Å². The summed E-state index contributed by atoms with van der Waals surface area (Å²) in [6.07, 6.45) is 0.854. The number of benzene rings is 1. The van der Waals surface area contributed by atoms with E-state index >= 15 is 0 Å². The Balaban J connectivity index is 2.31. The maximum Gasteiger partial charge on any atom is 0.313 e. The first-order valence-corrected chi connectivity index (χ1v) is 11.4. The molecule has 6 heteroatoms. The summed E-state index contributed by atoms with van der Waals surface area (Å²) in [7, 11) is 4.99. The number of esters is 1. The SMILES string of the molecule is COCCSSCCOC(=O)CC(=O)C(C)c1ccc(CC(C)C)cc1. The Morgan fingerprint density at radius 1 is 1.00 bits per heavy atom. The summed E-state index contributed by atoms with van der Waals surface area (Å²) < 4.78 is 10.1. The summed E-state index contributed by atoms with van der Waals surface area (Å²) in [6.45, 7) is 7.25. The predicted octanol–water partition coefficient (Wildman–Crippen LogP) is 4.52. The van der Waals surface area contributed by atoms with Gasteiger partial charge in [-0.15, -0.1) is 0 Å². The predicted molar refractivity (Wildman–Crippen MR) is 111 cm³/mol. The highest BCUT2D eigenvalue weighted by Crippen LogP contribution is 2.21. The number of hydrogen-bond donors (Lipinski definition) is 0. The lowest BCUT2D eigenvalue weighted by molar-refractivity contribution is -0.145. The van der Waals surface area contributed by atoms with Crippen molar-refractivity contribution in [2.75, 3.05) is 31.8 Å². The van der Waals surface area contributed by atoms with E-state index in [4.69, 9.17) is 9.47 Å². The Hall–Kier alpha value is -0.980. The molecule has 0 fully saturated rings. The van der Waals surface area contributed by atoms with Gasteiger partial charge in [-0.2, -0.15) is 0 Å². The molecule has 1 rings (SSSR count). The molecule has 0 aromatic heterocycles. The van der Waals surface area contributed by atoms with Crippen molar-refractivity contribution in [1.82, 2.24) is 0 Å². The van der Waals surface area contributed by atoms with E-state index in [9.17, 15) is 9.59 Å². The number of ketones is 1. The average molecular weight is 399 g/mol. The molecule has 0 heterocycles. The van der Waals surface area contributed by atoms with Crippen LogP contribution in [0, 0.1) is 5.92 Å². The summed E-state index contributed by atoms with van der Waals surface area (Å²) in [4.78, 5) is 24.1. The van der Waals surface area contributed by atoms with E-state index in [0.717, 1.165) is 17.7 Å². The van der Waals surface area contributed by atoms with Crippen LogP contribution in [0.5, 0.6) is 0 Å². The van der Waals surface area contributed by atoms with E-state index < -0.39 is 5.97 Å². The second kappa shape index (κ2) is 13.2. The highest BCUT2D eigenvalue weighted by atomic mass is 33.1. The standard InChI is InChI=1S/C20H30O4S2/c1-15(2)13-17-5-7-18(8-6-17)16(3)19(21)14-20(22)24-10-12-26-25-11-9-23-4/h5-8,15-16H,9-14H2,1-4H3. The van der Waals surface area contributed by atoms with Gasteiger partial charge in [0.15, 0.2) is 5.78 Å². The largest absolute Gasteiger partial charge is 0.464 e. The van der Waals surface area contributed by atoms with Gasteiger partial charge in [-0.3, -0.25) is 9.59 Å². The van der Waals surface area contributed by atoms with Crippen LogP contribution in [0.1, 0.15) is 44.2 Å². The first-order valence-electron chi connectivity index (χ1n) is 8.94. The first-order chi connectivity index (χ1) is 12.4. The topological polar surface area (TPSA) is 52.6 Å². The minimum absolute atomic E-state index is 0.103. The van der Waals surface area contributed by atoms with Crippen LogP contribution < -0.4 is 0 Å². The maximum absolute atomic E-state index is 12.3. The number of Topliss-reactive ketones (excluding diaryl/α,β-unsaturated/α-hetero) is 1. The van der Waals surface area contributed by atoms with Crippen molar-refractivity contribution < 1.29 is 19.1 Å². The van der Waals surface area contributed by atoms with Gasteiger partial charge in [0.25, 0.3) is 0 Å². The zero-order valence-corrected chi connectivity index (χ0v) is 17.8. The second-order valence-corrected chi connectivity index (χ2v) is 9.26. The van der Waals surface area contributed by atoms with E-state index in [-0.39, 0.29) is 18.1 Å². The Bertz CT molecular complexity index is 543. The van der Waals surface area contributed by atoms with E-state index in [2.05, 4.69) is 26.0 Å². The van der Waals surface area contributed by atoms with Gasteiger partial charge in [0, 0.05) is 24.5 Å². The van der Waals surface area contributed by atoms with E-state index in [1.54, 1.807) is 28.7 Å². The molecule has 0 saturated heterocycles. The van der Waals surface area contributed by atoms with Crippen molar-refractivity contribution in [2.45, 2.75) is 39.5 Å². The van der Waals surface area contributed by atoms with Crippen molar-refractivity contribution in [3.63, 3.8) is 0 Å². The van der Waals surface area contributed by atoms with Crippen LogP contribution in [0.3, 0.4) is 0 Å². The van der Waals surface area contributed by atoms with Crippen molar-refractivity contribution in [3.8, 4) is 0 Å². The second-order valence-electron chi connectivity index (χ2n) is 6.56. The fourth-order valence-corrected chi connectivity index (χ4v) is 4.11. The van der Waals surface area contributed by atoms with Crippen molar-refractivity contribution in [1.29, 1.82) is 0 Å². The lowest BCUT2D eigenvalue weighted by atomic mass is 9.93. The summed E-state index contributed by atoms with van der Waals surface area (Å²) >= 11 is 0. The molecule has 0 aliphatic heterocycles. The number of carbonyl (C=O) groups is 2. The Kier molecular flexibility index (Phi) is 11.7. The van der Waals surface area contributed by atoms with Crippen LogP contribution >= 0.6 is 21.6 Å². The van der Waals surface area contributed by atoms with E-state index in [0.29, 0.717) is 24.9 Å². The molecule has 1 unspecified atom stereocenters. The number of ether oxygens (including phenoxy) is 2. The molecule has 1 aromatic carbocycles. The fraction of sp³-hybridized carbons (Fsp3) is 0.600. The third-order valence-corrected chi connectivity index (χ3v) is 6.14. The van der Waals surface area contributed by atoms with Crippen molar-refractivity contribution >= 4 is 33.3 Å². The van der Waals surface area contributed by atoms with Gasteiger partial charge in [-0.05, 0) is 23.5 Å². The molecule has 0 aliphatic rings. The summed E-state index contributed by atoms with van der Waals surface area (Å²) in [5, 5.41) is 0. The van der Waals surface area contributed by atoms with Crippen LogP contribution in [-0.4, -0.2) is 43.6 Å². The molecule has 0 bridgehead atoms. The Labute approximate surface area is 165 Å². The summed E-state index contributed by atoms with van der Waals surface area (Å²) in [6, 6.07) is 8.10.